The van der Waals surface area contributed by atoms with Gasteiger partial charge in [0.05, 0.1) is 23.3 Å². The second kappa shape index (κ2) is 9.16. The van der Waals surface area contributed by atoms with Crippen LogP contribution >= 0.6 is 11.3 Å². The predicted molar refractivity (Wildman–Crippen MR) is 110 cm³/mol. The van der Waals surface area contributed by atoms with Crippen LogP contribution in [0.15, 0.2) is 29.2 Å². The van der Waals surface area contributed by atoms with Gasteiger partial charge in [-0.25, -0.2) is 18.2 Å². The standard InChI is InChI=1S/C19H20F3N3O5S2/c1-11-15(17(27)30-2)31-18(23-11)24-16(26)12-6-8-25(9-7-12)32(28,29)14-5-3-4-13(10-14)19(20,21)22/h3-5,10,12H,6-9H2,1-2H3,(H,23,24,26). The Balaban J connectivity index is 1.65. The van der Waals surface area contributed by atoms with Crippen LogP contribution in [0.25, 0.3) is 0 Å². The number of hydrogen-bond acceptors (Lipinski definition) is 7. The van der Waals surface area contributed by atoms with Gasteiger partial charge in [-0.05, 0) is 38.0 Å². The zero-order valence-electron chi connectivity index (χ0n) is 17.1. The molecule has 8 nitrogen and oxygen atoms in total. The quantitative estimate of drug-likeness (QED) is 0.644. The largest absolute Gasteiger partial charge is 0.465 e. The number of alkyl halides is 3. The number of aryl methyl sites for hydroxylation is 1. The lowest BCUT2D eigenvalue weighted by Gasteiger charge is -2.30. The molecule has 1 amide bonds. The summed E-state index contributed by atoms with van der Waals surface area (Å²) in [5.74, 6) is -1.44. The number of rotatable bonds is 5. The number of esters is 1. The van der Waals surface area contributed by atoms with Gasteiger partial charge in [-0.2, -0.15) is 17.5 Å². The van der Waals surface area contributed by atoms with Crippen LogP contribution in [0.5, 0.6) is 0 Å². The summed E-state index contributed by atoms with van der Waals surface area (Å²) < 4.78 is 70.1. The van der Waals surface area contributed by atoms with E-state index in [2.05, 4.69) is 15.0 Å². The summed E-state index contributed by atoms with van der Waals surface area (Å²) in [4.78, 5) is 28.2. The molecule has 2 aromatic rings. The molecular formula is C19H20F3N3O5S2. The smallest absolute Gasteiger partial charge is 0.416 e. The normalized spacial score (nSPS) is 16.0. The molecule has 32 heavy (non-hydrogen) atoms. The number of halogens is 3. The number of anilines is 1. The topological polar surface area (TPSA) is 106 Å². The molecule has 174 valence electrons. The minimum atomic E-state index is -4.65. The first-order chi connectivity index (χ1) is 14.9. The fourth-order valence-electron chi connectivity index (χ4n) is 3.28. The van der Waals surface area contributed by atoms with Crippen LogP contribution in [-0.4, -0.2) is 49.8 Å². The van der Waals surface area contributed by atoms with E-state index in [0.29, 0.717) is 11.8 Å². The van der Waals surface area contributed by atoms with E-state index in [-0.39, 0.29) is 41.8 Å². The molecule has 0 unspecified atom stereocenters. The Hall–Kier alpha value is -2.51. The van der Waals surface area contributed by atoms with E-state index in [9.17, 15) is 31.2 Å². The molecule has 1 saturated heterocycles. The summed E-state index contributed by atoms with van der Waals surface area (Å²) in [7, 11) is -2.89. The molecule has 0 radical (unpaired) electrons. The zero-order chi connectivity index (χ0) is 23.7. The minimum absolute atomic E-state index is 0.0129. The lowest BCUT2D eigenvalue weighted by atomic mass is 9.97. The van der Waals surface area contributed by atoms with E-state index in [1.54, 1.807) is 6.92 Å². The molecule has 2 heterocycles. The third-order valence-corrected chi connectivity index (χ3v) is 7.97. The SMILES string of the molecule is COC(=O)c1sc(NC(=O)C2CCN(S(=O)(=O)c3cccc(C(F)(F)F)c3)CC2)nc1C. The highest BCUT2D eigenvalue weighted by Crippen LogP contribution is 2.32. The van der Waals surface area contributed by atoms with Crippen molar-refractivity contribution in [3.05, 3.63) is 40.4 Å². The lowest BCUT2D eigenvalue weighted by Crippen LogP contribution is -2.41. The average molecular weight is 492 g/mol. The number of piperidine rings is 1. The minimum Gasteiger partial charge on any atom is -0.465 e. The molecule has 1 aromatic heterocycles. The first-order valence-corrected chi connectivity index (χ1v) is 11.7. The fourth-order valence-corrected chi connectivity index (χ4v) is 5.68. The number of amides is 1. The van der Waals surface area contributed by atoms with E-state index in [0.717, 1.165) is 33.8 Å². The van der Waals surface area contributed by atoms with Gasteiger partial charge in [0.2, 0.25) is 15.9 Å². The van der Waals surface area contributed by atoms with Crippen LogP contribution in [0.1, 0.15) is 33.8 Å². The van der Waals surface area contributed by atoms with E-state index in [1.807, 2.05) is 0 Å². The number of nitrogens with one attached hydrogen (secondary N) is 1. The Bertz CT molecular complexity index is 1120. The fraction of sp³-hybridized carbons (Fsp3) is 0.421. The number of ether oxygens (including phenoxy) is 1. The van der Waals surface area contributed by atoms with Crippen molar-refractivity contribution >= 4 is 38.4 Å². The highest BCUT2D eigenvalue weighted by atomic mass is 32.2. The van der Waals surface area contributed by atoms with Crippen molar-refractivity contribution in [2.24, 2.45) is 5.92 Å². The van der Waals surface area contributed by atoms with Gasteiger partial charge < -0.3 is 10.1 Å². The number of hydrogen-bond donors (Lipinski definition) is 1. The molecule has 0 aliphatic carbocycles. The number of carbonyl (C=O) groups is 2. The molecule has 1 aliphatic rings. The number of carbonyl (C=O) groups excluding carboxylic acids is 2. The zero-order valence-corrected chi connectivity index (χ0v) is 18.7. The molecule has 0 spiro atoms. The number of sulfonamides is 1. The Morgan fingerprint density at radius 1 is 1.25 bits per heavy atom. The van der Waals surface area contributed by atoms with Gasteiger partial charge in [-0.3, -0.25) is 4.79 Å². The van der Waals surface area contributed by atoms with Gasteiger partial charge in [0.1, 0.15) is 4.88 Å². The summed E-state index contributed by atoms with van der Waals surface area (Å²) >= 11 is 0.974. The van der Waals surface area contributed by atoms with Gasteiger partial charge in [0.15, 0.2) is 5.13 Å². The van der Waals surface area contributed by atoms with Crippen molar-refractivity contribution in [2.45, 2.75) is 30.8 Å². The highest BCUT2D eigenvalue weighted by Gasteiger charge is 2.35. The van der Waals surface area contributed by atoms with Gasteiger partial charge in [-0.1, -0.05) is 17.4 Å². The van der Waals surface area contributed by atoms with Gasteiger partial charge in [-0.15, -0.1) is 0 Å². The molecule has 3 rings (SSSR count). The van der Waals surface area contributed by atoms with Crippen molar-refractivity contribution in [1.29, 1.82) is 0 Å². The third kappa shape index (κ3) is 5.10. The number of methoxy groups -OCH3 is 1. The molecule has 1 fully saturated rings. The molecule has 0 saturated carbocycles. The van der Waals surface area contributed by atoms with Crippen LogP contribution in [-0.2, 0) is 25.7 Å². The van der Waals surface area contributed by atoms with Gasteiger partial charge >= 0.3 is 12.1 Å². The van der Waals surface area contributed by atoms with E-state index in [1.165, 1.54) is 7.11 Å². The second-order valence-electron chi connectivity index (χ2n) is 7.12. The first-order valence-electron chi connectivity index (χ1n) is 9.47. The second-order valence-corrected chi connectivity index (χ2v) is 10.1. The maximum atomic E-state index is 12.9. The molecule has 0 bridgehead atoms. The van der Waals surface area contributed by atoms with Gasteiger partial charge in [0, 0.05) is 19.0 Å². The number of benzene rings is 1. The lowest BCUT2D eigenvalue weighted by molar-refractivity contribution is -0.137. The molecule has 1 aliphatic heterocycles. The molecule has 0 atom stereocenters. The predicted octanol–water partition coefficient (Wildman–Crippen LogP) is 3.30. The number of thiazole rings is 1. The van der Waals surface area contributed by atoms with Crippen molar-refractivity contribution in [3.8, 4) is 0 Å². The molecule has 1 N–H and O–H groups in total. The van der Waals surface area contributed by atoms with E-state index in [4.69, 9.17) is 0 Å². The van der Waals surface area contributed by atoms with Crippen LogP contribution in [0.3, 0.4) is 0 Å². The summed E-state index contributed by atoms with van der Waals surface area (Å²) in [5.41, 5.74) is -0.628. The van der Waals surface area contributed by atoms with Crippen LogP contribution < -0.4 is 5.32 Å². The van der Waals surface area contributed by atoms with Crippen molar-refractivity contribution < 1.29 is 35.9 Å². The monoisotopic (exact) mass is 491 g/mol. The summed E-state index contributed by atoms with van der Waals surface area (Å²) in [6, 6.07) is 3.58. The van der Waals surface area contributed by atoms with Crippen LogP contribution in [0.2, 0.25) is 0 Å². The van der Waals surface area contributed by atoms with E-state index >= 15 is 0 Å². The maximum Gasteiger partial charge on any atom is 0.416 e. The van der Waals surface area contributed by atoms with Gasteiger partial charge in [0.25, 0.3) is 0 Å². The van der Waals surface area contributed by atoms with Crippen LogP contribution in [0.4, 0.5) is 18.3 Å². The average Bonchev–Trinajstić information content (AvgIpc) is 3.12. The van der Waals surface area contributed by atoms with Crippen molar-refractivity contribution in [3.63, 3.8) is 0 Å². The molecule has 13 heteroatoms. The highest BCUT2D eigenvalue weighted by molar-refractivity contribution is 7.89. The maximum absolute atomic E-state index is 12.9. The number of aromatic nitrogens is 1. The summed E-state index contributed by atoms with van der Waals surface area (Å²) in [6.07, 6.45) is -4.27. The Morgan fingerprint density at radius 2 is 1.91 bits per heavy atom. The molecule has 1 aromatic carbocycles. The van der Waals surface area contributed by atoms with Crippen LogP contribution in [0, 0.1) is 12.8 Å². The Labute approximate surface area is 186 Å². The summed E-state index contributed by atoms with van der Waals surface area (Å²) in [5, 5.41) is 2.86. The van der Waals surface area contributed by atoms with E-state index < -0.39 is 38.5 Å². The molecular weight excluding hydrogens is 471 g/mol. The van der Waals surface area contributed by atoms with Crippen molar-refractivity contribution in [1.82, 2.24) is 9.29 Å². The third-order valence-electron chi connectivity index (χ3n) is 5.02. The van der Waals surface area contributed by atoms with Crippen molar-refractivity contribution in [2.75, 3.05) is 25.5 Å². The Kier molecular flexibility index (Phi) is 6.91. The Morgan fingerprint density at radius 3 is 2.50 bits per heavy atom. The summed E-state index contributed by atoms with van der Waals surface area (Å²) in [6.45, 7) is 1.58. The first kappa shape index (κ1) is 24.1. The number of nitrogens with zero attached hydrogens (tertiary/aromatic N) is 2.